The summed E-state index contributed by atoms with van der Waals surface area (Å²) in [5.41, 5.74) is 4.64. The van der Waals surface area contributed by atoms with Gasteiger partial charge in [-0.1, -0.05) is 6.92 Å². The molecule has 0 saturated heterocycles. The van der Waals surface area contributed by atoms with Crippen LogP contribution in [0.4, 0.5) is 0 Å². The normalized spacial score (nSPS) is 16.2. The quantitative estimate of drug-likeness (QED) is 0.601. The molecule has 0 aliphatic carbocycles. The Labute approximate surface area is 96.4 Å². The molecule has 5 nitrogen and oxygen atoms in total. The summed E-state index contributed by atoms with van der Waals surface area (Å²) in [6, 6.07) is -0.0113. The van der Waals surface area contributed by atoms with Crippen LogP contribution in [0.15, 0.2) is 0 Å². The molecule has 0 radical (unpaired) electrons. The van der Waals surface area contributed by atoms with Gasteiger partial charge in [0.15, 0.2) is 0 Å². The fourth-order valence-electron chi connectivity index (χ4n) is 1.09. The van der Waals surface area contributed by atoms with Gasteiger partial charge >= 0.3 is 5.97 Å². The van der Waals surface area contributed by atoms with Crippen LogP contribution in [0, 0.1) is 5.41 Å². The summed E-state index contributed by atoms with van der Waals surface area (Å²) >= 11 is 0. The molecule has 0 bridgehead atoms. The molecule has 0 spiro atoms. The molecule has 0 aliphatic rings. The largest absolute Gasteiger partial charge is 0.481 e. The first-order valence-corrected chi connectivity index (χ1v) is 5.57. The maximum absolute atomic E-state index is 11.4. The third kappa shape index (κ3) is 5.11. The molecule has 0 fully saturated rings. The van der Waals surface area contributed by atoms with E-state index in [2.05, 4.69) is 5.32 Å². The fourth-order valence-corrected chi connectivity index (χ4v) is 1.09. The molecule has 2 unspecified atom stereocenters. The Bertz CT molecular complexity index is 254. The average Bonchev–Trinajstić information content (AvgIpc) is 2.22. The van der Waals surface area contributed by atoms with Gasteiger partial charge in [0.1, 0.15) is 0 Å². The number of nitrogens with one attached hydrogen (secondary N) is 1. The van der Waals surface area contributed by atoms with Crippen molar-refractivity contribution in [2.45, 2.75) is 46.1 Å². The second kappa shape index (κ2) is 6.48. The Balaban J connectivity index is 4.03. The SMILES string of the molecule is CCC(C)(CNC(=O)CCC(C)N)C(=O)O. The summed E-state index contributed by atoms with van der Waals surface area (Å²) in [4.78, 5) is 22.3. The minimum absolute atomic E-state index is 0.0113. The zero-order valence-corrected chi connectivity index (χ0v) is 10.2. The number of aliphatic carboxylic acids is 1. The first-order chi connectivity index (χ1) is 7.31. The van der Waals surface area contributed by atoms with E-state index in [1.54, 1.807) is 13.8 Å². The van der Waals surface area contributed by atoms with E-state index >= 15 is 0 Å². The molecule has 5 heteroatoms. The lowest BCUT2D eigenvalue weighted by molar-refractivity contribution is -0.148. The lowest BCUT2D eigenvalue weighted by Crippen LogP contribution is -2.40. The predicted molar refractivity (Wildman–Crippen MR) is 61.9 cm³/mol. The molecule has 0 aromatic heterocycles. The second-order valence-electron chi connectivity index (χ2n) is 4.51. The third-order valence-corrected chi connectivity index (χ3v) is 2.80. The summed E-state index contributed by atoms with van der Waals surface area (Å²) in [6.45, 7) is 5.42. The van der Waals surface area contributed by atoms with Gasteiger partial charge in [0.05, 0.1) is 5.41 Å². The second-order valence-corrected chi connectivity index (χ2v) is 4.51. The Hall–Kier alpha value is -1.10. The predicted octanol–water partition coefficient (Wildman–Crippen LogP) is 0.731. The maximum atomic E-state index is 11.4. The van der Waals surface area contributed by atoms with Crippen molar-refractivity contribution in [2.75, 3.05) is 6.54 Å². The van der Waals surface area contributed by atoms with Crippen molar-refractivity contribution >= 4 is 11.9 Å². The highest BCUT2D eigenvalue weighted by atomic mass is 16.4. The van der Waals surface area contributed by atoms with Crippen LogP contribution in [0.3, 0.4) is 0 Å². The van der Waals surface area contributed by atoms with E-state index in [-0.39, 0.29) is 18.5 Å². The lowest BCUT2D eigenvalue weighted by Gasteiger charge is -2.23. The molecule has 16 heavy (non-hydrogen) atoms. The Morgan fingerprint density at radius 3 is 2.44 bits per heavy atom. The van der Waals surface area contributed by atoms with Crippen LogP contribution >= 0.6 is 0 Å². The molecule has 1 amide bonds. The molecule has 94 valence electrons. The van der Waals surface area contributed by atoms with Gasteiger partial charge in [-0.25, -0.2) is 0 Å². The third-order valence-electron chi connectivity index (χ3n) is 2.80. The summed E-state index contributed by atoms with van der Waals surface area (Å²) in [5.74, 6) is -1.03. The van der Waals surface area contributed by atoms with Gasteiger partial charge in [0, 0.05) is 19.0 Å². The highest BCUT2D eigenvalue weighted by Crippen LogP contribution is 2.19. The number of carboxylic acids is 1. The standard InChI is InChI=1S/C11H22N2O3/c1-4-11(3,10(15)16)7-13-9(14)6-5-8(2)12/h8H,4-7,12H2,1-3H3,(H,13,14)(H,15,16). The van der Waals surface area contributed by atoms with Crippen LogP contribution in [-0.4, -0.2) is 29.6 Å². The highest BCUT2D eigenvalue weighted by molar-refractivity contribution is 5.78. The van der Waals surface area contributed by atoms with Crippen molar-refractivity contribution < 1.29 is 14.7 Å². The van der Waals surface area contributed by atoms with Gasteiger partial charge in [-0.15, -0.1) is 0 Å². The van der Waals surface area contributed by atoms with E-state index in [1.165, 1.54) is 0 Å². The van der Waals surface area contributed by atoms with E-state index in [0.29, 0.717) is 19.3 Å². The Morgan fingerprint density at radius 1 is 1.50 bits per heavy atom. The molecular weight excluding hydrogens is 208 g/mol. The Morgan fingerprint density at radius 2 is 2.06 bits per heavy atom. The zero-order valence-electron chi connectivity index (χ0n) is 10.2. The minimum atomic E-state index is -0.887. The van der Waals surface area contributed by atoms with Crippen LogP contribution in [0.2, 0.25) is 0 Å². The van der Waals surface area contributed by atoms with Gasteiger partial charge in [-0.05, 0) is 26.7 Å². The summed E-state index contributed by atoms with van der Waals surface area (Å²) in [7, 11) is 0. The summed E-state index contributed by atoms with van der Waals surface area (Å²) in [6.07, 6.45) is 1.44. The number of carbonyl (C=O) groups excluding carboxylic acids is 1. The van der Waals surface area contributed by atoms with Crippen LogP contribution in [0.25, 0.3) is 0 Å². The fraction of sp³-hybridized carbons (Fsp3) is 0.818. The monoisotopic (exact) mass is 230 g/mol. The van der Waals surface area contributed by atoms with Gasteiger partial charge in [0.2, 0.25) is 5.91 Å². The van der Waals surface area contributed by atoms with Crippen LogP contribution in [-0.2, 0) is 9.59 Å². The van der Waals surface area contributed by atoms with Crippen molar-refractivity contribution in [1.29, 1.82) is 0 Å². The minimum Gasteiger partial charge on any atom is -0.481 e. The lowest BCUT2D eigenvalue weighted by atomic mass is 9.87. The molecule has 0 heterocycles. The van der Waals surface area contributed by atoms with E-state index in [0.717, 1.165) is 0 Å². The average molecular weight is 230 g/mol. The molecule has 2 atom stereocenters. The maximum Gasteiger partial charge on any atom is 0.311 e. The first kappa shape index (κ1) is 14.9. The van der Waals surface area contributed by atoms with Crippen LogP contribution in [0.5, 0.6) is 0 Å². The van der Waals surface area contributed by atoms with E-state index in [1.807, 2.05) is 6.92 Å². The molecule has 0 rings (SSSR count). The van der Waals surface area contributed by atoms with E-state index < -0.39 is 11.4 Å². The number of rotatable bonds is 7. The van der Waals surface area contributed by atoms with E-state index in [4.69, 9.17) is 10.8 Å². The molecule has 0 aromatic rings. The number of carbonyl (C=O) groups is 2. The van der Waals surface area contributed by atoms with Gasteiger partial charge in [-0.2, -0.15) is 0 Å². The summed E-state index contributed by atoms with van der Waals surface area (Å²) in [5, 5.41) is 11.6. The number of amides is 1. The molecule has 0 saturated carbocycles. The van der Waals surface area contributed by atoms with Gasteiger partial charge in [-0.3, -0.25) is 9.59 Å². The van der Waals surface area contributed by atoms with Crippen molar-refractivity contribution in [3.05, 3.63) is 0 Å². The molecule has 0 aliphatic heterocycles. The van der Waals surface area contributed by atoms with Crippen LogP contribution < -0.4 is 11.1 Å². The highest BCUT2D eigenvalue weighted by Gasteiger charge is 2.31. The first-order valence-electron chi connectivity index (χ1n) is 5.57. The van der Waals surface area contributed by atoms with Crippen molar-refractivity contribution in [3.8, 4) is 0 Å². The number of hydrogen-bond donors (Lipinski definition) is 3. The van der Waals surface area contributed by atoms with E-state index in [9.17, 15) is 9.59 Å². The molecule has 0 aromatic carbocycles. The Kier molecular flexibility index (Phi) is 6.03. The van der Waals surface area contributed by atoms with Gasteiger partial charge in [0.25, 0.3) is 0 Å². The summed E-state index contributed by atoms with van der Waals surface area (Å²) < 4.78 is 0. The molecular formula is C11H22N2O3. The van der Waals surface area contributed by atoms with Gasteiger partial charge < -0.3 is 16.2 Å². The number of nitrogens with two attached hydrogens (primary N) is 1. The smallest absolute Gasteiger partial charge is 0.311 e. The van der Waals surface area contributed by atoms with Crippen molar-refractivity contribution in [1.82, 2.24) is 5.32 Å². The zero-order chi connectivity index (χ0) is 12.8. The van der Waals surface area contributed by atoms with Crippen molar-refractivity contribution in [2.24, 2.45) is 11.1 Å². The number of hydrogen-bond acceptors (Lipinski definition) is 3. The van der Waals surface area contributed by atoms with Crippen LogP contribution in [0.1, 0.15) is 40.0 Å². The molecule has 4 N–H and O–H groups in total. The van der Waals surface area contributed by atoms with Crippen molar-refractivity contribution in [3.63, 3.8) is 0 Å². The number of carboxylic acid groups (broad SMARTS) is 1. The topological polar surface area (TPSA) is 92.4 Å².